The molecule has 63 heavy (non-hydrogen) atoms. The topological polar surface area (TPSA) is 95.9 Å². The van der Waals surface area contributed by atoms with E-state index in [-0.39, 0.29) is 24.9 Å². The van der Waals surface area contributed by atoms with Gasteiger partial charge in [-0.05, 0) is 83.5 Å². The van der Waals surface area contributed by atoms with Gasteiger partial charge in [0.2, 0.25) is 5.91 Å². The van der Waals surface area contributed by atoms with Crippen LogP contribution in [0, 0.1) is 0 Å². The van der Waals surface area contributed by atoms with E-state index in [0.29, 0.717) is 19.3 Å². The molecule has 0 fully saturated rings. The van der Waals surface area contributed by atoms with Gasteiger partial charge in [0.1, 0.15) is 6.10 Å². The number of aliphatic hydroxyl groups excluding tert-OH is 2. The highest BCUT2D eigenvalue weighted by Gasteiger charge is 2.24. The van der Waals surface area contributed by atoms with E-state index >= 15 is 0 Å². The Bertz CT molecular complexity index is 1080. The fourth-order valence-electron chi connectivity index (χ4n) is 8.22. The minimum Gasteiger partial charge on any atom is -0.462 e. The molecule has 0 rings (SSSR count). The van der Waals surface area contributed by atoms with Crippen LogP contribution in [-0.2, 0) is 14.3 Å². The van der Waals surface area contributed by atoms with Crippen molar-refractivity contribution in [1.82, 2.24) is 5.32 Å². The zero-order valence-electron chi connectivity index (χ0n) is 42.0. The summed E-state index contributed by atoms with van der Waals surface area (Å²) < 4.78 is 5.94. The summed E-state index contributed by atoms with van der Waals surface area (Å²) in [5.74, 6) is -0.491. The summed E-state index contributed by atoms with van der Waals surface area (Å²) in [5.41, 5.74) is 0. The van der Waals surface area contributed by atoms with Gasteiger partial charge in [0.25, 0.3) is 0 Å². The lowest BCUT2D eigenvalue weighted by molar-refractivity contribution is -0.151. The smallest absolute Gasteiger partial charge is 0.306 e. The standard InChI is InChI=1S/C57H105NO5/c1-4-7-10-13-16-19-22-25-26-27-28-29-30-32-35-38-41-44-47-50-57(62)63-53(48-45-42-39-36-33-31-23-20-17-14-11-8-5-2)51-56(61)58-54(52-59)55(60)49-46-43-40-37-34-24-21-18-15-12-9-6-3/h16-17,19-20,23,25-26,31,53-55,59-60H,4-15,18,21-22,24,27-30,32-52H2,1-3H3,(H,58,61)/b19-16-,20-17+,26-25-,31-23+. The van der Waals surface area contributed by atoms with Crippen molar-refractivity contribution in [3.63, 3.8) is 0 Å². The second-order valence-corrected chi connectivity index (χ2v) is 18.7. The highest BCUT2D eigenvalue weighted by atomic mass is 16.5. The lowest BCUT2D eigenvalue weighted by Crippen LogP contribution is -2.46. The van der Waals surface area contributed by atoms with Crippen molar-refractivity contribution < 1.29 is 24.5 Å². The molecule has 0 heterocycles. The Morgan fingerprint density at radius 3 is 1.33 bits per heavy atom. The first kappa shape index (κ1) is 60.8. The van der Waals surface area contributed by atoms with Crippen LogP contribution < -0.4 is 5.32 Å². The first-order valence-corrected chi connectivity index (χ1v) is 27.4. The van der Waals surface area contributed by atoms with Gasteiger partial charge in [-0.2, -0.15) is 0 Å². The van der Waals surface area contributed by atoms with Crippen molar-refractivity contribution in [2.45, 2.75) is 296 Å². The average Bonchev–Trinajstić information content (AvgIpc) is 3.28. The molecule has 6 heteroatoms. The molecule has 6 nitrogen and oxygen atoms in total. The molecule has 0 spiro atoms. The molecule has 0 aromatic heterocycles. The quantitative estimate of drug-likeness (QED) is 0.0245. The molecule has 0 saturated carbocycles. The monoisotopic (exact) mass is 884 g/mol. The number of ether oxygens (including phenoxy) is 1. The number of carbonyl (C=O) groups is 2. The van der Waals surface area contributed by atoms with Crippen LogP contribution in [0.15, 0.2) is 48.6 Å². The van der Waals surface area contributed by atoms with Crippen molar-refractivity contribution >= 4 is 11.9 Å². The van der Waals surface area contributed by atoms with E-state index in [2.05, 4.69) is 74.7 Å². The number of rotatable bonds is 49. The van der Waals surface area contributed by atoms with Gasteiger partial charge in [-0.15, -0.1) is 0 Å². The van der Waals surface area contributed by atoms with Crippen LogP contribution >= 0.6 is 0 Å². The van der Waals surface area contributed by atoms with Gasteiger partial charge in [-0.3, -0.25) is 9.59 Å². The molecule has 3 unspecified atom stereocenters. The summed E-state index contributed by atoms with van der Waals surface area (Å²) in [6.45, 7) is 6.43. The predicted octanol–water partition coefficient (Wildman–Crippen LogP) is 16.6. The lowest BCUT2D eigenvalue weighted by atomic mass is 10.0. The molecule has 1 amide bonds. The van der Waals surface area contributed by atoms with E-state index in [9.17, 15) is 19.8 Å². The second-order valence-electron chi connectivity index (χ2n) is 18.7. The van der Waals surface area contributed by atoms with E-state index in [1.165, 1.54) is 148 Å². The van der Waals surface area contributed by atoms with Gasteiger partial charge >= 0.3 is 5.97 Å². The number of carbonyl (C=O) groups excluding carboxylic acids is 2. The molecule has 0 aliphatic heterocycles. The van der Waals surface area contributed by atoms with Crippen molar-refractivity contribution in [2.24, 2.45) is 0 Å². The first-order chi connectivity index (χ1) is 31.0. The third-order valence-electron chi connectivity index (χ3n) is 12.4. The molecule has 3 N–H and O–H groups in total. The Hall–Kier alpha value is -2.18. The van der Waals surface area contributed by atoms with E-state index in [1.54, 1.807) is 0 Å². The van der Waals surface area contributed by atoms with Crippen LogP contribution in [0.4, 0.5) is 0 Å². The predicted molar refractivity (Wildman–Crippen MR) is 273 cm³/mol. The minimum absolute atomic E-state index is 0.0632. The molecule has 0 radical (unpaired) electrons. The van der Waals surface area contributed by atoms with Gasteiger partial charge in [0.05, 0.1) is 25.2 Å². The second kappa shape index (κ2) is 50.8. The van der Waals surface area contributed by atoms with E-state index < -0.39 is 18.2 Å². The van der Waals surface area contributed by atoms with Crippen LogP contribution in [0.2, 0.25) is 0 Å². The molecular formula is C57H105NO5. The molecule has 0 saturated heterocycles. The normalized spacial score (nSPS) is 13.5. The van der Waals surface area contributed by atoms with Gasteiger partial charge in [-0.1, -0.05) is 230 Å². The third kappa shape index (κ3) is 46.2. The summed E-state index contributed by atoms with van der Waals surface area (Å²) in [6.07, 6.45) is 61.7. The number of unbranched alkanes of at least 4 members (excludes halogenated alkanes) is 30. The van der Waals surface area contributed by atoms with Crippen LogP contribution in [0.1, 0.15) is 278 Å². The van der Waals surface area contributed by atoms with Crippen LogP contribution in [0.25, 0.3) is 0 Å². The molecule has 0 aliphatic carbocycles. The number of hydrogen-bond donors (Lipinski definition) is 3. The third-order valence-corrected chi connectivity index (χ3v) is 12.4. The molecular weight excluding hydrogens is 779 g/mol. The number of aliphatic hydroxyl groups is 2. The molecule has 3 atom stereocenters. The maximum atomic E-state index is 13.2. The number of esters is 1. The number of allylic oxidation sites excluding steroid dienone is 8. The number of hydrogen-bond acceptors (Lipinski definition) is 5. The molecule has 368 valence electrons. The van der Waals surface area contributed by atoms with Crippen molar-refractivity contribution in [3.8, 4) is 0 Å². The zero-order valence-corrected chi connectivity index (χ0v) is 42.0. The Labute approximate surface area is 391 Å². The van der Waals surface area contributed by atoms with Gasteiger partial charge in [0.15, 0.2) is 0 Å². The van der Waals surface area contributed by atoms with E-state index in [0.717, 1.165) is 83.5 Å². The SMILES string of the molecule is CCCCC/C=C\C/C=C\CCCCCCCCCCCC(=O)OC(CCCCCC/C=C/C=C/CCCCC)CC(=O)NC(CO)C(O)CCCCCCCCCCCCCC. The maximum absolute atomic E-state index is 13.2. The van der Waals surface area contributed by atoms with Crippen molar-refractivity contribution in [2.75, 3.05) is 6.61 Å². The van der Waals surface area contributed by atoms with Crippen LogP contribution in [0.3, 0.4) is 0 Å². The molecule has 0 aromatic rings. The summed E-state index contributed by atoms with van der Waals surface area (Å²) >= 11 is 0. The minimum atomic E-state index is -0.793. The number of amides is 1. The van der Waals surface area contributed by atoms with E-state index in [1.807, 2.05) is 0 Å². The summed E-state index contributed by atoms with van der Waals surface area (Å²) in [6, 6.07) is -0.708. The Morgan fingerprint density at radius 2 is 0.857 bits per heavy atom. The largest absolute Gasteiger partial charge is 0.462 e. The summed E-state index contributed by atoms with van der Waals surface area (Å²) in [4.78, 5) is 26.2. The zero-order chi connectivity index (χ0) is 45.9. The van der Waals surface area contributed by atoms with Crippen molar-refractivity contribution in [1.29, 1.82) is 0 Å². The molecule has 0 bridgehead atoms. The van der Waals surface area contributed by atoms with Gasteiger partial charge in [-0.25, -0.2) is 0 Å². The van der Waals surface area contributed by atoms with Crippen LogP contribution in [-0.4, -0.2) is 46.9 Å². The van der Waals surface area contributed by atoms with Gasteiger partial charge in [0, 0.05) is 6.42 Å². The Morgan fingerprint density at radius 1 is 0.476 bits per heavy atom. The molecule has 0 aliphatic rings. The highest BCUT2D eigenvalue weighted by molar-refractivity contribution is 5.77. The lowest BCUT2D eigenvalue weighted by Gasteiger charge is -2.24. The fraction of sp³-hybridized carbons (Fsp3) is 0.825. The Balaban J connectivity index is 4.54. The maximum Gasteiger partial charge on any atom is 0.306 e. The highest BCUT2D eigenvalue weighted by Crippen LogP contribution is 2.18. The van der Waals surface area contributed by atoms with Crippen LogP contribution in [0.5, 0.6) is 0 Å². The van der Waals surface area contributed by atoms with Gasteiger partial charge < -0.3 is 20.3 Å². The first-order valence-electron chi connectivity index (χ1n) is 27.4. The average molecular weight is 884 g/mol. The fourth-order valence-corrected chi connectivity index (χ4v) is 8.22. The molecule has 0 aromatic carbocycles. The summed E-state index contributed by atoms with van der Waals surface area (Å²) in [7, 11) is 0. The Kier molecular flexibility index (Phi) is 49.1. The van der Waals surface area contributed by atoms with Crippen molar-refractivity contribution in [3.05, 3.63) is 48.6 Å². The number of nitrogens with one attached hydrogen (secondary N) is 1. The summed E-state index contributed by atoms with van der Waals surface area (Å²) in [5, 5.41) is 23.8. The van der Waals surface area contributed by atoms with E-state index in [4.69, 9.17) is 4.74 Å².